The summed E-state index contributed by atoms with van der Waals surface area (Å²) < 4.78 is 5.86. The molecule has 0 saturated heterocycles. The minimum absolute atomic E-state index is 0.131. The maximum atomic E-state index is 12.8. The van der Waals surface area contributed by atoms with Crippen LogP contribution in [0.3, 0.4) is 0 Å². The number of hydrogen-bond donors (Lipinski definition) is 0. The molecular formula is C24H20N2O2. The summed E-state index contributed by atoms with van der Waals surface area (Å²) >= 11 is 0. The van der Waals surface area contributed by atoms with Crippen LogP contribution in [0.25, 0.3) is 6.08 Å². The summed E-state index contributed by atoms with van der Waals surface area (Å²) in [6.45, 7) is 3.87. The van der Waals surface area contributed by atoms with E-state index in [-0.39, 0.29) is 5.91 Å². The number of aryl methyl sites for hydroxylation is 1. The third-order valence-corrected chi connectivity index (χ3v) is 4.48. The van der Waals surface area contributed by atoms with Gasteiger partial charge in [-0.1, -0.05) is 48.0 Å². The van der Waals surface area contributed by atoms with Gasteiger partial charge >= 0.3 is 0 Å². The number of carbonyl (C=O) groups excluding carboxylic acids is 1. The van der Waals surface area contributed by atoms with Crippen molar-refractivity contribution in [1.82, 2.24) is 0 Å². The van der Waals surface area contributed by atoms with Crippen LogP contribution in [0.4, 0.5) is 5.69 Å². The second kappa shape index (κ2) is 7.53. The minimum Gasteiger partial charge on any atom is -0.457 e. The summed E-state index contributed by atoms with van der Waals surface area (Å²) in [4.78, 5) is 18.9. The molecule has 0 bridgehead atoms. The average molecular weight is 368 g/mol. The predicted molar refractivity (Wildman–Crippen MR) is 113 cm³/mol. The van der Waals surface area contributed by atoms with Gasteiger partial charge in [0.15, 0.2) is 0 Å². The Balaban J connectivity index is 1.53. The molecular weight excluding hydrogens is 348 g/mol. The first-order valence-corrected chi connectivity index (χ1v) is 9.11. The Morgan fingerprint density at radius 2 is 1.43 bits per heavy atom. The van der Waals surface area contributed by atoms with Gasteiger partial charge in [0, 0.05) is 0 Å². The fourth-order valence-electron chi connectivity index (χ4n) is 3.04. The van der Waals surface area contributed by atoms with E-state index in [9.17, 15) is 4.79 Å². The van der Waals surface area contributed by atoms with Crippen LogP contribution < -0.4 is 9.64 Å². The first-order valence-electron chi connectivity index (χ1n) is 9.11. The Labute approximate surface area is 164 Å². The van der Waals surface area contributed by atoms with Gasteiger partial charge in [0.2, 0.25) is 0 Å². The molecule has 0 spiro atoms. The molecule has 1 aliphatic heterocycles. The highest BCUT2D eigenvalue weighted by atomic mass is 16.5. The van der Waals surface area contributed by atoms with Gasteiger partial charge < -0.3 is 4.74 Å². The lowest BCUT2D eigenvalue weighted by Crippen LogP contribution is -2.30. The molecule has 138 valence electrons. The van der Waals surface area contributed by atoms with Crippen molar-refractivity contribution in [3.63, 3.8) is 0 Å². The Hall–Kier alpha value is -3.66. The fourth-order valence-corrected chi connectivity index (χ4v) is 3.04. The lowest BCUT2D eigenvalue weighted by molar-refractivity contribution is -0.113. The van der Waals surface area contributed by atoms with Crippen LogP contribution in [0.1, 0.15) is 18.1 Å². The van der Waals surface area contributed by atoms with E-state index < -0.39 is 0 Å². The van der Waals surface area contributed by atoms with E-state index in [1.54, 1.807) is 11.0 Å². The second-order valence-corrected chi connectivity index (χ2v) is 6.65. The summed E-state index contributed by atoms with van der Waals surface area (Å²) in [5, 5.41) is 0. The van der Waals surface area contributed by atoms with E-state index in [1.807, 2.05) is 92.7 Å². The molecule has 0 unspecified atom stereocenters. The summed E-state index contributed by atoms with van der Waals surface area (Å²) in [7, 11) is 0. The number of amidine groups is 1. The molecule has 3 aromatic carbocycles. The van der Waals surface area contributed by atoms with E-state index in [0.29, 0.717) is 17.3 Å². The molecule has 1 aliphatic rings. The van der Waals surface area contributed by atoms with Gasteiger partial charge in [0.25, 0.3) is 5.91 Å². The van der Waals surface area contributed by atoms with E-state index >= 15 is 0 Å². The smallest absolute Gasteiger partial charge is 0.282 e. The maximum Gasteiger partial charge on any atom is 0.282 e. The highest BCUT2D eigenvalue weighted by molar-refractivity contribution is 6.28. The van der Waals surface area contributed by atoms with E-state index in [4.69, 9.17) is 4.74 Å². The quantitative estimate of drug-likeness (QED) is 0.563. The van der Waals surface area contributed by atoms with Crippen LogP contribution in [0.2, 0.25) is 0 Å². The second-order valence-electron chi connectivity index (χ2n) is 6.65. The first-order chi connectivity index (χ1) is 13.6. The Bertz CT molecular complexity index is 1050. The number of nitrogens with zero attached hydrogens (tertiary/aromatic N) is 2. The number of carbonyl (C=O) groups is 1. The van der Waals surface area contributed by atoms with Crippen molar-refractivity contribution in [3.8, 4) is 11.5 Å². The van der Waals surface area contributed by atoms with Crippen LogP contribution in [-0.4, -0.2) is 11.7 Å². The molecule has 0 saturated carbocycles. The Morgan fingerprint density at radius 3 is 2.07 bits per heavy atom. The molecule has 4 rings (SSSR count). The van der Waals surface area contributed by atoms with E-state index in [2.05, 4.69) is 4.99 Å². The summed E-state index contributed by atoms with van der Waals surface area (Å²) in [5.74, 6) is 2.02. The normalized spacial score (nSPS) is 15.1. The topological polar surface area (TPSA) is 41.9 Å². The van der Waals surface area contributed by atoms with Crippen molar-refractivity contribution < 1.29 is 9.53 Å². The van der Waals surface area contributed by atoms with Crippen molar-refractivity contribution in [2.45, 2.75) is 13.8 Å². The summed E-state index contributed by atoms with van der Waals surface area (Å²) in [6.07, 6.45) is 1.81. The zero-order valence-electron chi connectivity index (χ0n) is 15.8. The van der Waals surface area contributed by atoms with Crippen molar-refractivity contribution >= 4 is 23.5 Å². The molecule has 1 amide bonds. The maximum absolute atomic E-state index is 12.8. The molecule has 1 heterocycles. The largest absolute Gasteiger partial charge is 0.457 e. The number of benzene rings is 3. The van der Waals surface area contributed by atoms with Crippen molar-refractivity contribution in [1.29, 1.82) is 0 Å². The lowest BCUT2D eigenvalue weighted by atomic mass is 10.2. The van der Waals surface area contributed by atoms with Crippen LogP contribution in [0, 0.1) is 6.92 Å². The van der Waals surface area contributed by atoms with Gasteiger partial charge in [0.05, 0.1) is 5.69 Å². The number of rotatable bonds is 4. The molecule has 28 heavy (non-hydrogen) atoms. The molecule has 0 radical (unpaired) electrons. The molecule has 4 nitrogen and oxygen atoms in total. The standard InChI is InChI=1S/C24H20N2O2/c1-17-8-12-21(13-9-17)28-22-14-10-20(11-15-22)26-18(2)25-23(24(26)27)16-19-6-4-3-5-7-19/h3-16H,1-2H3. The third-order valence-electron chi connectivity index (χ3n) is 4.48. The molecule has 0 aliphatic carbocycles. The molecule has 0 aromatic heterocycles. The first kappa shape index (κ1) is 17.7. The van der Waals surface area contributed by atoms with E-state index in [0.717, 1.165) is 17.0 Å². The monoisotopic (exact) mass is 368 g/mol. The SMILES string of the molecule is CC1=NC(=Cc2ccccc2)C(=O)N1c1ccc(Oc2ccc(C)cc2)cc1. The van der Waals surface area contributed by atoms with Crippen molar-refractivity contribution in [2.24, 2.45) is 4.99 Å². The number of anilines is 1. The number of hydrogen-bond acceptors (Lipinski definition) is 3. The van der Waals surface area contributed by atoms with E-state index in [1.165, 1.54) is 5.56 Å². The molecule has 4 heteroatoms. The highest BCUT2D eigenvalue weighted by Gasteiger charge is 2.28. The van der Waals surface area contributed by atoms with Crippen LogP contribution >= 0.6 is 0 Å². The predicted octanol–water partition coefficient (Wildman–Crippen LogP) is 5.59. The zero-order valence-corrected chi connectivity index (χ0v) is 15.8. The van der Waals surface area contributed by atoms with Crippen molar-refractivity contribution in [2.75, 3.05) is 4.90 Å². The average Bonchev–Trinajstić information content (AvgIpc) is 2.98. The van der Waals surface area contributed by atoms with Crippen LogP contribution in [-0.2, 0) is 4.79 Å². The molecule has 3 aromatic rings. The van der Waals surface area contributed by atoms with Gasteiger partial charge in [-0.05, 0) is 61.9 Å². The molecule has 0 fully saturated rings. The number of ether oxygens (including phenoxy) is 1. The van der Waals surface area contributed by atoms with Gasteiger partial charge in [-0.15, -0.1) is 0 Å². The number of aliphatic imine (C=N–C) groups is 1. The summed E-state index contributed by atoms with van der Waals surface area (Å²) in [6, 6.07) is 25.0. The Kier molecular flexibility index (Phi) is 4.77. The zero-order chi connectivity index (χ0) is 19.5. The minimum atomic E-state index is -0.131. The van der Waals surface area contributed by atoms with Gasteiger partial charge in [0.1, 0.15) is 23.0 Å². The Morgan fingerprint density at radius 1 is 0.821 bits per heavy atom. The number of amides is 1. The van der Waals surface area contributed by atoms with Gasteiger partial charge in [-0.25, -0.2) is 4.99 Å². The fraction of sp³-hybridized carbons (Fsp3) is 0.0833. The third kappa shape index (κ3) is 3.71. The lowest BCUT2D eigenvalue weighted by Gasteiger charge is -2.16. The van der Waals surface area contributed by atoms with Crippen LogP contribution in [0.5, 0.6) is 11.5 Å². The van der Waals surface area contributed by atoms with Gasteiger partial charge in [-0.2, -0.15) is 0 Å². The summed E-state index contributed by atoms with van der Waals surface area (Å²) in [5.41, 5.74) is 3.33. The van der Waals surface area contributed by atoms with Gasteiger partial charge in [-0.3, -0.25) is 9.69 Å². The van der Waals surface area contributed by atoms with Crippen molar-refractivity contribution in [3.05, 3.63) is 95.7 Å². The molecule has 0 atom stereocenters. The molecule has 0 N–H and O–H groups in total. The van der Waals surface area contributed by atoms with Crippen LogP contribution in [0.15, 0.2) is 89.6 Å². The highest BCUT2D eigenvalue weighted by Crippen LogP contribution is 2.28.